The predicted octanol–water partition coefficient (Wildman–Crippen LogP) is 1.05. The standard InChI is InChI=1S/C12H21N3O/c1-10(13)8-11-4-5-12(14-9-11)15(2)6-7-16-3/h4-5,9-10H,6-8,13H2,1-3H3. The molecule has 90 valence electrons. The first-order chi connectivity index (χ1) is 7.63. The molecule has 0 aliphatic rings. The van der Waals surface area contributed by atoms with Crippen LogP contribution in [0.1, 0.15) is 12.5 Å². The van der Waals surface area contributed by atoms with Gasteiger partial charge in [0.15, 0.2) is 0 Å². The van der Waals surface area contributed by atoms with Crippen LogP contribution in [0.15, 0.2) is 18.3 Å². The molecule has 1 heterocycles. The third-order valence-corrected chi connectivity index (χ3v) is 2.39. The van der Waals surface area contributed by atoms with Crippen LogP contribution in [-0.2, 0) is 11.2 Å². The SMILES string of the molecule is COCCN(C)c1ccc(CC(C)N)cn1. The average Bonchev–Trinajstić information content (AvgIpc) is 2.26. The van der Waals surface area contributed by atoms with Gasteiger partial charge in [0.05, 0.1) is 6.61 Å². The molecule has 0 amide bonds. The Balaban J connectivity index is 2.56. The van der Waals surface area contributed by atoms with Crippen molar-refractivity contribution in [3.63, 3.8) is 0 Å². The molecule has 1 unspecified atom stereocenters. The topological polar surface area (TPSA) is 51.4 Å². The van der Waals surface area contributed by atoms with Crippen LogP contribution < -0.4 is 10.6 Å². The average molecular weight is 223 g/mol. The van der Waals surface area contributed by atoms with E-state index in [9.17, 15) is 0 Å². The number of likely N-dealkylation sites (N-methyl/N-ethyl adjacent to an activating group) is 1. The van der Waals surface area contributed by atoms with Crippen LogP contribution in [-0.4, -0.2) is 38.3 Å². The van der Waals surface area contributed by atoms with Crippen LogP contribution >= 0.6 is 0 Å². The molecule has 0 aliphatic carbocycles. The third-order valence-electron chi connectivity index (χ3n) is 2.39. The Hall–Kier alpha value is -1.13. The van der Waals surface area contributed by atoms with Gasteiger partial charge in [-0.15, -0.1) is 0 Å². The highest BCUT2D eigenvalue weighted by Crippen LogP contribution is 2.10. The van der Waals surface area contributed by atoms with Crippen LogP contribution in [0.25, 0.3) is 0 Å². The summed E-state index contributed by atoms with van der Waals surface area (Å²) in [5.41, 5.74) is 6.91. The molecular formula is C12H21N3O. The van der Waals surface area contributed by atoms with Crippen molar-refractivity contribution >= 4 is 5.82 Å². The summed E-state index contributed by atoms with van der Waals surface area (Å²) in [5, 5.41) is 0. The van der Waals surface area contributed by atoms with Gasteiger partial charge in [0.1, 0.15) is 5.82 Å². The molecule has 1 rings (SSSR count). The Bertz CT molecular complexity index is 298. The summed E-state index contributed by atoms with van der Waals surface area (Å²) in [4.78, 5) is 6.47. The van der Waals surface area contributed by atoms with E-state index in [4.69, 9.17) is 10.5 Å². The van der Waals surface area contributed by atoms with Gasteiger partial charge in [0.25, 0.3) is 0 Å². The van der Waals surface area contributed by atoms with E-state index in [1.54, 1.807) is 7.11 Å². The molecule has 1 aromatic rings. The molecule has 0 saturated carbocycles. The monoisotopic (exact) mass is 223 g/mol. The van der Waals surface area contributed by atoms with Gasteiger partial charge in [-0.25, -0.2) is 4.98 Å². The van der Waals surface area contributed by atoms with Crippen molar-refractivity contribution < 1.29 is 4.74 Å². The van der Waals surface area contributed by atoms with Crippen LogP contribution in [0.5, 0.6) is 0 Å². The number of methoxy groups -OCH3 is 1. The van der Waals surface area contributed by atoms with Crippen molar-refractivity contribution in [2.75, 3.05) is 32.2 Å². The van der Waals surface area contributed by atoms with Crippen LogP contribution in [0.3, 0.4) is 0 Å². The summed E-state index contributed by atoms with van der Waals surface area (Å²) in [7, 11) is 3.71. The maximum absolute atomic E-state index is 5.73. The second-order valence-electron chi connectivity index (χ2n) is 4.12. The lowest BCUT2D eigenvalue weighted by Gasteiger charge is -2.17. The van der Waals surface area contributed by atoms with Gasteiger partial charge in [0.2, 0.25) is 0 Å². The first-order valence-corrected chi connectivity index (χ1v) is 5.54. The quantitative estimate of drug-likeness (QED) is 0.783. The zero-order chi connectivity index (χ0) is 12.0. The van der Waals surface area contributed by atoms with Gasteiger partial charge in [-0.3, -0.25) is 0 Å². The summed E-state index contributed by atoms with van der Waals surface area (Å²) >= 11 is 0. The van der Waals surface area contributed by atoms with Crippen molar-refractivity contribution in [2.45, 2.75) is 19.4 Å². The summed E-state index contributed by atoms with van der Waals surface area (Å²) in [6.07, 6.45) is 2.76. The summed E-state index contributed by atoms with van der Waals surface area (Å²) in [6, 6.07) is 4.28. The highest BCUT2D eigenvalue weighted by atomic mass is 16.5. The number of hydrogen-bond donors (Lipinski definition) is 1. The number of ether oxygens (including phenoxy) is 1. The number of anilines is 1. The van der Waals surface area contributed by atoms with Gasteiger partial charge in [-0.2, -0.15) is 0 Å². The lowest BCUT2D eigenvalue weighted by molar-refractivity contribution is 0.206. The number of pyridine rings is 1. The molecule has 0 radical (unpaired) electrons. The van der Waals surface area contributed by atoms with Crippen molar-refractivity contribution in [1.29, 1.82) is 0 Å². The maximum atomic E-state index is 5.73. The first kappa shape index (κ1) is 12.9. The summed E-state index contributed by atoms with van der Waals surface area (Å²) < 4.78 is 5.02. The minimum Gasteiger partial charge on any atom is -0.383 e. The largest absolute Gasteiger partial charge is 0.383 e. The van der Waals surface area contributed by atoms with E-state index < -0.39 is 0 Å². The van der Waals surface area contributed by atoms with Gasteiger partial charge < -0.3 is 15.4 Å². The normalized spacial score (nSPS) is 12.5. The number of rotatable bonds is 6. The van der Waals surface area contributed by atoms with E-state index in [2.05, 4.69) is 16.0 Å². The zero-order valence-corrected chi connectivity index (χ0v) is 10.3. The predicted molar refractivity (Wildman–Crippen MR) is 66.7 cm³/mol. The van der Waals surface area contributed by atoms with E-state index >= 15 is 0 Å². The number of aromatic nitrogens is 1. The maximum Gasteiger partial charge on any atom is 0.128 e. The second-order valence-corrected chi connectivity index (χ2v) is 4.12. The Morgan fingerprint density at radius 1 is 1.50 bits per heavy atom. The lowest BCUT2D eigenvalue weighted by Crippen LogP contribution is -2.23. The fourth-order valence-electron chi connectivity index (χ4n) is 1.48. The van der Waals surface area contributed by atoms with Gasteiger partial charge >= 0.3 is 0 Å². The van der Waals surface area contributed by atoms with Gasteiger partial charge in [-0.05, 0) is 25.0 Å². The smallest absolute Gasteiger partial charge is 0.128 e. The van der Waals surface area contributed by atoms with E-state index in [0.717, 1.165) is 18.8 Å². The molecule has 1 atom stereocenters. The molecule has 0 bridgehead atoms. The molecular weight excluding hydrogens is 202 g/mol. The molecule has 4 nitrogen and oxygen atoms in total. The molecule has 0 fully saturated rings. The Labute approximate surface area is 97.4 Å². The zero-order valence-electron chi connectivity index (χ0n) is 10.3. The van der Waals surface area contributed by atoms with Crippen molar-refractivity contribution in [2.24, 2.45) is 5.73 Å². The van der Waals surface area contributed by atoms with E-state index in [1.807, 2.05) is 26.2 Å². The van der Waals surface area contributed by atoms with Crippen molar-refractivity contribution in [3.8, 4) is 0 Å². The van der Waals surface area contributed by atoms with Crippen LogP contribution in [0.2, 0.25) is 0 Å². The molecule has 2 N–H and O–H groups in total. The molecule has 1 aromatic heterocycles. The van der Waals surface area contributed by atoms with E-state index in [0.29, 0.717) is 6.61 Å². The van der Waals surface area contributed by atoms with Gasteiger partial charge in [0, 0.05) is 32.9 Å². The van der Waals surface area contributed by atoms with E-state index in [1.165, 1.54) is 5.56 Å². The van der Waals surface area contributed by atoms with Crippen LogP contribution in [0, 0.1) is 0 Å². The molecule has 0 spiro atoms. The summed E-state index contributed by atoms with van der Waals surface area (Å²) in [6.45, 7) is 3.55. The second kappa shape index (κ2) is 6.45. The Kier molecular flexibility index (Phi) is 5.22. The highest BCUT2D eigenvalue weighted by molar-refractivity contribution is 5.38. The Morgan fingerprint density at radius 2 is 2.25 bits per heavy atom. The number of nitrogens with two attached hydrogens (primary N) is 1. The van der Waals surface area contributed by atoms with Gasteiger partial charge in [-0.1, -0.05) is 6.07 Å². The highest BCUT2D eigenvalue weighted by Gasteiger charge is 2.03. The first-order valence-electron chi connectivity index (χ1n) is 5.54. The molecule has 0 saturated heterocycles. The molecule has 0 aliphatic heterocycles. The minimum absolute atomic E-state index is 0.180. The van der Waals surface area contributed by atoms with Crippen molar-refractivity contribution in [3.05, 3.63) is 23.9 Å². The number of nitrogens with zero attached hydrogens (tertiary/aromatic N) is 2. The number of hydrogen-bond acceptors (Lipinski definition) is 4. The Morgan fingerprint density at radius 3 is 2.75 bits per heavy atom. The fourth-order valence-corrected chi connectivity index (χ4v) is 1.48. The lowest BCUT2D eigenvalue weighted by atomic mass is 10.1. The minimum atomic E-state index is 0.180. The molecule has 4 heteroatoms. The van der Waals surface area contributed by atoms with Crippen LogP contribution in [0.4, 0.5) is 5.82 Å². The van der Waals surface area contributed by atoms with Crippen molar-refractivity contribution in [1.82, 2.24) is 4.98 Å². The third kappa shape index (κ3) is 4.16. The summed E-state index contributed by atoms with van der Waals surface area (Å²) in [5.74, 6) is 0.963. The fraction of sp³-hybridized carbons (Fsp3) is 0.583. The van der Waals surface area contributed by atoms with E-state index in [-0.39, 0.29) is 6.04 Å². The molecule has 16 heavy (non-hydrogen) atoms. The molecule has 0 aromatic carbocycles.